The molecule has 2 fully saturated rings. The largest absolute Gasteiger partial charge is 0.487 e. The van der Waals surface area contributed by atoms with Crippen molar-refractivity contribution in [2.75, 3.05) is 26.2 Å². The van der Waals surface area contributed by atoms with Crippen LogP contribution in [0.3, 0.4) is 0 Å². The molecule has 1 amide bonds. The number of carbonyl (C=O) groups excluding carboxylic acids is 1. The van der Waals surface area contributed by atoms with Crippen LogP contribution in [-0.2, 0) is 11.2 Å². The molecule has 3 aliphatic rings. The Balaban J connectivity index is 1.22. The summed E-state index contributed by atoms with van der Waals surface area (Å²) in [6, 6.07) is 16.0. The molecule has 208 valence electrons. The van der Waals surface area contributed by atoms with Crippen molar-refractivity contribution in [2.45, 2.75) is 50.4 Å². The summed E-state index contributed by atoms with van der Waals surface area (Å²) < 4.78 is 33.8. The summed E-state index contributed by atoms with van der Waals surface area (Å²) in [5, 5.41) is 14.4. The summed E-state index contributed by atoms with van der Waals surface area (Å²) in [7, 11) is 0. The SMILES string of the molecule is O=C(NC(CN1CCCC1)C(O)c1ccc(OC2CC2)c(F)c1)C1=NCCc2cc(-c3ccc(F)cc3)ccc21. The lowest BCUT2D eigenvalue weighted by Gasteiger charge is -2.29. The number of aliphatic hydroxyl groups excluding tert-OH is 1. The average molecular weight is 546 g/mol. The van der Waals surface area contributed by atoms with Gasteiger partial charge in [0.05, 0.1) is 12.1 Å². The normalized spacial score (nSPS) is 18.5. The lowest BCUT2D eigenvalue weighted by Crippen LogP contribution is -2.49. The molecule has 8 heteroatoms. The molecule has 2 atom stereocenters. The predicted octanol–water partition coefficient (Wildman–Crippen LogP) is 4.83. The van der Waals surface area contributed by atoms with E-state index in [4.69, 9.17) is 4.74 Å². The van der Waals surface area contributed by atoms with Crippen molar-refractivity contribution >= 4 is 11.6 Å². The van der Waals surface area contributed by atoms with Crippen molar-refractivity contribution in [3.63, 3.8) is 0 Å². The Bertz CT molecular complexity index is 1420. The second kappa shape index (κ2) is 11.5. The molecule has 2 aliphatic heterocycles. The highest BCUT2D eigenvalue weighted by atomic mass is 19.1. The van der Waals surface area contributed by atoms with E-state index in [1.54, 1.807) is 24.3 Å². The van der Waals surface area contributed by atoms with Crippen LogP contribution in [0.1, 0.15) is 48.5 Å². The van der Waals surface area contributed by atoms with Gasteiger partial charge in [-0.1, -0.05) is 36.4 Å². The Kier molecular flexibility index (Phi) is 7.63. The lowest BCUT2D eigenvalue weighted by molar-refractivity contribution is -0.116. The molecule has 40 heavy (non-hydrogen) atoms. The molecule has 3 aromatic rings. The number of fused-ring (bicyclic) bond motifs is 1. The standard InChI is InChI=1S/C32H33F2N3O3/c33-24-7-3-20(4-8-24)21-5-11-26-22(17-21)13-14-35-30(26)32(39)36-28(19-37-15-1-2-16-37)31(38)23-6-12-29(27(34)18-23)40-25-9-10-25/h3-8,11-12,17-18,25,28,31,38H,1-2,9-10,13-16,19H2,(H,36,39). The minimum absolute atomic E-state index is 0.0680. The maximum Gasteiger partial charge on any atom is 0.270 e. The third-order valence-corrected chi connectivity index (χ3v) is 7.87. The van der Waals surface area contributed by atoms with E-state index in [1.807, 2.05) is 18.2 Å². The zero-order valence-electron chi connectivity index (χ0n) is 22.3. The van der Waals surface area contributed by atoms with Crippen molar-refractivity contribution in [2.24, 2.45) is 4.99 Å². The van der Waals surface area contributed by atoms with Gasteiger partial charge in [-0.3, -0.25) is 9.79 Å². The van der Waals surface area contributed by atoms with Gasteiger partial charge in [0.1, 0.15) is 17.6 Å². The number of likely N-dealkylation sites (tertiary alicyclic amines) is 1. The van der Waals surface area contributed by atoms with Crippen LogP contribution in [-0.4, -0.2) is 60.0 Å². The highest BCUT2D eigenvalue weighted by Crippen LogP contribution is 2.31. The fourth-order valence-electron chi connectivity index (χ4n) is 5.52. The molecule has 6 nitrogen and oxygen atoms in total. The van der Waals surface area contributed by atoms with E-state index in [2.05, 4.69) is 15.2 Å². The molecule has 6 rings (SSSR count). The number of nitrogens with one attached hydrogen (secondary N) is 1. The van der Waals surface area contributed by atoms with Crippen LogP contribution < -0.4 is 10.1 Å². The molecular weight excluding hydrogens is 512 g/mol. The maximum absolute atomic E-state index is 14.8. The van der Waals surface area contributed by atoms with Gasteiger partial charge in [-0.05, 0) is 91.7 Å². The first-order valence-corrected chi connectivity index (χ1v) is 14.1. The van der Waals surface area contributed by atoms with Crippen molar-refractivity contribution < 1.29 is 23.4 Å². The quantitative estimate of drug-likeness (QED) is 0.404. The number of carbonyl (C=O) groups is 1. The minimum Gasteiger partial charge on any atom is -0.487 e. The first-order chi connectivity index (χ1) is 19.4. The fraction of sp³-hybridized carbons (Fsp3) is 0.375. The van der Waals surface area contributed by atoms with Gasteiger partial charge in [0.15, 0.2) is 11.6 Å². The van der Waals surface area contributed by atoms with Crippen molar-refractivity contribution in [3.05, 3.63) is 89.0 Å². The summed E-state index contributed by atoms with van der Waals surface area (Å²) in [4.78, 5) is 20.4. The highest BCUT2D eigenvalue weighted by Gasteiger charge is 2.31. The predicted molar refractivity (Wildman–Crippen MR) is 150 cm³/mol. The molecule has 0 aromatic heterocycles. The van der Waals surface area contributed by atoms with Gasteiger partial charge in [-0.25, -0.2) is 8.78 Å². The van der Waals surface area contributed by atoms with E-state index < -0.39 is 18.0 Å². The average Bonchev–Trinajstić information content (AvgIpc) is 3.64. The third kappa shape index (κ3) is 5.93. The van der Waals surface area contributed by atoms with Crippen LogP contribution in [0, 0.1) is 11.6 Å². The van der Waals surface area contributed by atoms with Crippen molar-refractivity contribution in [1.29, 1.82) is 0 Å². The molecule has 2 unspecified atom stereocenters. The van der Waals surface area contributed by atoms with Gasteiger partial charge in [-0.15, -0.1) is 0 Å². The Morgan fingerprint density at radius 2 is 1.77 bits per heavy atom. The van der Waals surface area contributed by atoms with E-state index in [9.17, 15) is 18.7 Å². The second-order valence-corrected chi connectivity index (χ2v) is 10.9. The van der Waals surface area contributed by atoms with Gasteiger partial charge in [0.2, 0.25) is 0 Å². The Labute approximate surface area is 232 Å². The van der Waals surface area contributed by atoms with E-state index in [0.717, 1.165) is 61.0 Å². The van der Waals surface area contributed by atoms with Crippen LogP contribution in [0.25, 0.3) is 11.1 Å². The number of ether oxygens (including phenoxy) is 1. The van der Waals surface area contributed by atoms with E-state index >= 15 is 0 Å². The van der Waals surface area contributed by atoms with E-state index in [0.29, 0.717) is 30.8 Å². The van der Waals surface area contributed by atoms with Crippen LogP contribution in [0.5, 0.6) is 5.75 Å². The number of hydrogen-bond acceptors (Lipinski definition) is 5. The van der Waals surface area contributed by atoms with Crippen LogP contribution in [0.15, 0.2) is 65.7 Å². The number of benzene rings is 3. The van der Waals surface area contributed by atoms with Crippen LogP contribution in [0.4, 0.5) is 8.78 Å². The van der Waals surface area contributed by atoms with Gasteiger partial charge in [0, 0.05) is 18.7 Å². The number of aliphatic imine (C=N–C) groups is 1. The van der Waals surface area contributed by atoms with E-state index in [-0.39, 0.29) is 23.6 Å². The fourth-order valence-corrected chi connectivity index (χ4v) is 5.52. The Morgan fingerprint density at radius 3 is 2.50 bits per heavy atom. The summed E-state index contributed by atoms with van der Waals surface area (Å²) in [6.45, 7) is 2.68. The number of rotatable bonds is 9. The molecule has 1 saturated heterocycles. The first kappa shape index (κ1) is 26.6. The number of aliphatic hydroxyl groups is 1. The topological polar surface area (TPSA) is 74.2 Å². The molecule has 0 radical (unpaired) electrons. The maximum atomic E-state index is 14.8. The highest BCUT2D eigenvalue weighted by molar-refractivity contribution is 6.46. The summed E-state index contributed by atoms with van der Waals surface area (Å²) >= 11 is 0. The van der Waals surface area contributed by atoms with Gasteiger partial charge in [0.25, 0.3) is 5.91 Å². The molecular formula is C32H33F2N3O3. The van der Waals surface area contributed by atoms with Crippen LogP contribution >= 0.6 is 0 Å². The number of hydrogen-bond donors (Lipinski definition) is 2. The lowest BCUT2D eigenvalue weighted by atomic mass is 9.92. The zero-order chi connectivity index (χ0) is 27.6. The summed E-state index contributed by atoms with van der Waals surface area (Å²) in [5.41, 5.74) is 4.29. The van der Waals surface area contributed by atoms with Gasteiger partial charge < -0.3 is 20.1 Å². The summed E-state index contributed by atoms with van der Waals surface area (Å²) in [5.74, 6) is -0.986. The molecule has 0 bridgehead atoms. The number of amides is 1. The zero-order valence-corrected chi connectivity index (χ0v) is 22.3. The molecule has 2 heterocycles. The van der Waals surface area contributed by atoms with Crippen molar-refractivity contribution in [1.82, 2.24) is 10.2 Å². The minimum atomic E-state index is -1.11. The molecule has 2 N–H and O–H groups in total. The first-order valence-electron chi connectivity index (χ1n) is 14.1. The Hall–Kier alpha value is -3.62. The van der Waals surface area contributed by atoms with Gasteiger partial charge >= 0.3 is 0 Å². The van der Waals surface area contributed by atoms with Crippen LogP contribution in [0.2, 0.25) is 0 Å². The third-order valence-electron chi connectivity index (χ3n) is 7.87. The second-order valence-electron chi connectivity index (χ2n) is 10.9. The molecule has 3 aromatic carbocycles. The van der Waals surface area contributed by atoms with Gasteiger partial charge in [-0.2, -0.15) is 0 Å². The van der Waals surface area contributed by atoms with Crippen molar-refractivity contribution in [3.8, 4) is 16.9 Å². The molecule has 1 aliphatic carbocycles. The number of nitrogens with zero attached hydrogens (tertiary/aromatic N) is 2. The Morgan fingerprint density at radius 1 is 1.02 bits per heavy atom. The van der Waals surface area contributed by atoms with E-state index in [1.165, 1.54) is 18.2 Å². The monoisotopic (exact) mass is 545 g/mol. The molecule has 0 spiro atoms. The number of halogens is 2. The summed E-state index contributed by atoms with van der Waals surface area (Å²) in [6.07, 6.45) is 3.62. The smallest absolute Gasteiger partial charge is 0.270 e. The molecule has 1 saturated carbocycles.